The summed E-state index contributed by atoms with van der Waals surface area (Å²) in [7, 11) is 1.87. The summed E-state index contributed by atoms with van der Waals surface area (Å²) in [6.45, 7) is 2.64. The van der Waals surface area contributed by atoms with Crippen LogP contribution in [0.4, 0.5) is 5.69 Å². The van der Waals surface area contributed by atoms with Gasteiger partial charge in [-0.05, 0) is 42.0 Å². The molecule has 0 saturated carbocycles. The number of likely N-dealkylation sites (tertiary alicyclic amines) is 1. The maximum Gasteiger partial charge on any atom is 0.278 e. The predicted octanol–water partition coefficient (Wildman–Crippen LogP) is 4.63. The van der Waals surface area contributed by atoms with Gasteiger partial charge in [-0.2, -0.15) is 0 Å². The molecule has 3 heterocycles. The number of para-hydroxylation sites is 1. The van der Waals surface area contributed by atoms with Crippen molar-refractivity contribution in [2.75, 3.05) is 25.0 Å². The molecule has 3 aromatic rings. The molecule has 5 rings (SSSR count). The third kappa shape index (κ3) is 4.24. The van der Waals surface area contributed by atoms with Gasteiger partial charge in [0.1, 0.15) is 5.70 Å². The Kier molecular flexibility index (Phi) is 6.11. The van der Waals surface area contributed by atoms with Crippen LogP contribution in [0.2, 0.25) is 0 Å². The Morgan fingerprint density at radius 1 is 0.879 bits per heavy atom. The lowest BCUT2D eigenvalue weighted by atomic mass is 10.0. The van der Waals surface area contributed by atoms with Gasteiger partial charge in [-0.1, -0.05) is 54.6 Å². The van der Waals surface area contributed by atoms with E-state index >= 15 is 0 Å². The molecule has 6 heteroatoms. The number of nitrogens with zero attached hydrogens (tertiary/aromatic N) is 3. The molecular formula is C27H27N3O2S. The first-order valence-corrected chi connectivity index (χ1v) is 12.2. The Balaban J connectivity index is 1.37. The van der Waals surface area contributed by atoms with Crippen LogP contribution in [0.5, 0.6) is 0 Å². The number of rotatable bonds is 6. The van der Waals surface area contributed by atoms with E-state index in [1.807, 2.05) is 65.9 Å². The number of hydrogen-bond donors (Lipinski definition) is 0. The van der Waals surface area contributed by atoms with Crippen LogP contribution < -0.4 is 4.90 Å². The molecule has 2 amide bonds. The molecule has 0 spiro atoms. The zero-order chi connectivity index (χ0) is 22.8. The maximum atomic E-state index is 13.7. The third-order valence-electron chi connectivity index (χ3n) is 6.51. The number of piperidine rings is 1. The fourth-order valence-corrected chi connectivity index (χ4v) is 5.54. The van der Waals surface area contributed by atoms with Crippen molar-refractivity contribution in [3.05, 3.63) is 94.3 Å². The monoisotopic (exact) mass is 457 g/mol. The highest BCUT2D eigenvalue weighted by Crippen LogP contribution is 2.37. The first kappa shape index (κ1) is 21.6. The SMILES string of the molecule is CN(C1=C(c2cccs2)C(=O)N(C2CCN(Cc3ccccc3)CC2)C1=O)c1ccccc1. The molecule has 168 valence electrons. The number of imide groups is 1. The van der Waals surface area contributed by atoms with Crippen molar-refractivity contribution in [3.8, 4) is 0 Å². The van der Waals surface area contributed by atoms with Crippen molar-refractivity contribution in [1.29, 1.82) is 0 Å². The number of likely N-dealkylation sites (N-methyl/N-ethyl adjacent to an activating group) is 1. The molecule has 1 saturated heterocycles. The van der Waals surface area contributed by atoms with E-state index in [1.54, 1.807) is 0 Å². The van der Waals surface area contributed by atoms with Crippen LogP contribution in [0, 0.1) is 0 Å². The quantitative estimate of drug-likeness (QED) is 0.507. The average molecular weight is 458 g/mol. The summed E-state index contributed by atoms with van der Waals surface area (Å²) < 4.78 is 0. The molecule has 2 aliphatic rings. The molecule has 0 unspecified atom stereocenters. The van der Waals surface area contributed by atoms with Gasteiger partial charge in [-0.15, -0.1) is 11.3 Å². The number of anilines is 1. The maximum absolute atomic E-state index is 13.7. The average Bonchev–Trinajstić information content (AvgIpc) is 3.46. The van der Waals surface area contributed by atoms with Gasteiger partial charge in [0, 0.05) is 43.3 Å². The second kappa shape index (κ2) is 9.33. The van der Waals surface area contributed by atoms with Gasteiger partial charge in [-0.25, -0.2) is 0 Å². The Hall–Kier alpha value is -3.22. The smallest absolute Gasteiger partial charge is 0.278 e. The van der Waals surface area contributed by atoms with Crippen LogP contribution in [0.3, 0.4) is 0 Å². The van der Waals surface area contributed by atoms with E-state index in [0.29, 0.717) is 11.3 Å². The van der Waals surface area contributed by atoms with Gasteiger partial charge < -0.3 is 4.90 Å². The highest BCUT2D eigenvalue weighted by atomic mass is 32.1. The molecule has 0 bridgehead atoms. The summed E-state index contributed by atoms with van der Waals surface area (Å²) in [5.74, 6) is -0.349. The summed E-state index contributed by atoms with van der Waals surface area (Å²) in [6.07, 6.45) is 1.59. The van der Waals surface area contributed by atoms with Gasteiger partial charge >= 0.3 is 0 Å². The minimum atomic E-state index is -0.184. The van der Waals surface area contributed by atoms with E-state index < -0.39 is 0 Å². The molecule has 2 aromatic carbocycles. The Bertz CT molecular complexity index is 1150. The predicted molar refractivity (Wildman–Crippen MR) is 133 cm³/mol. The zero-order valence-corrected chi connectivity index (χ0v) is 19.5. The fourth-order valence-electron chi connectivity index (χ4n) is 4.78. The first-order valence-electron chi connectivity index (χ1n) is 11.3. The van der Waals surface area contributed by atoms with Gasteiger partial charge in [-0.3, -0.25) is 19.4 Å². The molecular weight excluding hydrogens is 430 g/mol. The van der Waals surface area contributed by atoms with Gasteiger partial charge in [0.05, 0.1) is 5.57 Å². The number of benzene rings is 2. The molecule has 0 atom stereocenters. The molecule has 2 aliphatic heterocycles. The first-order chi connectivity index (χ1) is 16.1. The van der Waals surface area contributed by atoms with Crippen molar-refractivity contribution in [1.82, 2.24) is 9.80 Å². The number of hydrogen-bond acceptors (Lipinski definition) is 5. The van der Waals surface area contributed by atoms with Crippen molar-refractivity contribution < 1.29 is 9.59 Å². The second-order valence-corrected chi connectivity index (χ2v) is 9.52. The van der Waals surface area contributed by atoms with Gasteiger partial charge in [0.25, 0.3) is 11.8 Å². The minimum absolute atomic E-state index is 0.0753. The van der Waals surface area contributed by atoms with Crippen molar-refractivity contribution in [3.63, 3.8) is 0 Å². The summed E-state index contributed by atoms with van der Waals surface area (Å²) in [5, 5.41) is 1.95. The normalized spacial score (nSPS) is 17.8. The Morgan fingerprint density at radius 3 is 2.18 bits per heavy atom. The van der Waals surface area contributed by atoms with Crippen molar-refractivity contribution >= 4 is 34.4 Å². The molecule has 1 aromatic heterocycles. The van der Waals surface area contributed by atoms with Crippen LogP contribution >= 0.6 is 11.3 Å². The van der Waals surface area contributed by atoms with Crippen LogP contribution in [-0.4, -0.2) is 47.8 Å². The minimum Gasteiger partial charge on any atom is -0.339 e. The highest BCUT2D eigenvalue weighted by Gasteiger charge is 2.45. The topological polar surface area (TPSA) is 43.9 Å². The largest absolute Gasteiger partial charge is 0.339 e. The second-order valence-electron chi connectivity index (χ2n) is 8.57. The Labute approximate surface area is 198 Å². The van der Waals surface area contributed by atoms with Crippen LogP contribution in [0.15, 0.2) is 83.9 Å². The highest BCUT2D eigenvalue weighted by molar-refractivity contribution is 7.11. The fraction of sp³-hybridized carbons (Fsp3) is 0.259. The van der Waals surface area contributed by atoms with Crippen LogP contribution in [-0.2, 0) is 16.1 Å². The van der Waals surface area contributed by atoms with Crippen molar-refractivity contribution in [2.45, 2.75) is 25.4 Å². The Morgan fingerprint density at radius 2 is 1.55 bits per heavy atom. The summed E-state index contributed by atoms with van der Waals surface area (Å²) in [5.41, 5.74) is 3.17. The number of thiophene rings is 1. The van der Waals surface area contributed by atoms with E-state index in [9.17, 15) is 9.59 Å². The van der Waals surface area contributed by atoms with Gasteiger partial charge in [0.2, 0.25) is 0 Å². The van der Waals surface area contributed by atoms with E-state index in [4.69, 9.17) is 0 Å². The molecule has 5 nitrogen and oxygen atoms in total. The third-order valence-corrected chi connectivity index (χ3v) is 7.40. The standard InChI is InChI=1S/C27H27N3O2S/c1-28(21-11-6-3-7-12-21)25-24(23-13-8-18-33-23)26(31)30(27(25)32)22-14-16-29(17-15-22)19-20-9-4-2-5-10-20/h2-13,18,22H,14-17,19H2,1H3. The van der Waals surface area contributed by atoms with E-state index in [-0.39, 0.29) is 17.9 Å². The lowest BCUT2D eigenvalue weighted by molar-refractivity contribution is -0.140. The summed E-state index contributed by atoms with van der Waals surface area (Å²) >= 11 is 1.50. The molecule has 0 aliphatic carbocycles. The molecule has 33 heavy (non-hydrogen) atoms. The van der Waals surface area contributed by atoms with Gasteiger partial charge in [0.15, 0.2) is 0 Å². The van der Waals surface area contributed by atoms with Crippen LogP contribution in [0.1, 0.15) is 23.3 Å². The zero-order valence-electron chi connectivity index (χ0n) is 18.7. The van der Waals surface area contributed by atoms with E-state index in [2.05, 4.69) is 29.2 Å². The molecule has 1 fully saturated rings. The van der Waals surface area contributed by atoms with Crippen molar-refractivity contribution in [2.24, 2.45) is 0 Å². The number of carbonyl (C=O) groups excluding carboxylic acids is 2. The number of carbonyl (C=O) groups is 2. The summed E-state index contributed by atoms with van der Waals surface area (Å²) in [4.78, 5) is 34.0. The lowest BCUT2D eigenvalue weighted by Crippen LogP contribution is -2.48. The van der Waals surface area contributed by atoms with E-state index in [1.165, 1.54) is 21.8 Å². The molecule has 0 radical (unpaired) electrons. The lowest BCUT2D eigenvalue weighted by Gasteiger charge is -2.36. The van der Waals surface area contributed by atoms with E-state index in [0.717, 1.165) is 43.0 Å². The van der Waals surface area contributed by atoms with Crippen LogP contribution in [0.25, 0.3) is 5.57 Å². The summed E-state index contributed by atoms with van der Waals surface area (Å²) in [6, 6.07) is 24.0. The molecule has 0 N–H and O–H groups in total. The number of amides is 2.